The van der Waals surface area contributed by atoms with E-state index in [-0.39, 0.29) is 18.0 Å². The Hall–Kier alpha value is -2.06. The molecule has 3 heterocycles. The van der Waals surface area contributed by atoms with Crippen molar-refractivity contribution in [3.8, 4) is 0 Å². The van der Waals surface area contributed by atoms with Gasteiger partial charge in [0.1, 0.15) is 0 Å². The van der Waals surface area contributed by atoms with Gasteiger partial charge in [-0.15, -0.1) is 5.10 Å². The number of aromatic nitrogens is 4. The number of ether oxygens (including phenoxy) is 1. The van der Waals surface area contributed by atoms with E-state index >= 15 is 0 Å². The Kier molecular flexibility index (Phi) is 3.27. The number of nitrogens with one attached hydrogen (secondary N) is 1. The van der Waals surface area contributed by atoms with Crippen molar-refractivity contribution < 1.29 is 9.13 Å². The molecule has 9 heteroatoms. The zero-order valence-corrected chi connectivity index (χ0v) is 12.2. The zero-order valence-electron chi connectivity index (χ0n) is 11.4. The molecule has 1 aliphatic carbocycles. The average molecular weight is 323 g/mol. The Balaban J connectivity index is 1.60. The van der Waals surface area contributed by atoms with E-state index in [0.717, 1.165) is 12.6 Å². The van der Waals surface area contributed by atoms with E-state index in [2.05, 4.69) is 25.5 Å². The summed E-state index contributed by atoms with van der Waals surface area (Å²) in [6, 6.07) is 1.83. The van der Waals surface area contributed by atoms with Crippen molar-refractivity contribution in [2.45, 2.75) is 18.6 Å². The lowest BCUT2D eigenvalue weighted by Crippen LogP contribution is -2.38. The first-order valence-corrected chi connectivity index (χ1v) is 7.24. The third-order valence-corrected chi connectivity index (χ3v) is 3.83. The summed E-state index contributed by atoms with van der Waals surface area (Å²) >= 11 is 5.84. The lowest BCUT2D eigenvalue weighted by molar-refractivity contribution is 0.102. The van der Waals surface area contributed by atoms with Crippen molar-refractivity contribution in [2.75, 3.05) is 23.4 Å². The van der Waals surface area contributed by atoms with Gasteiger partial charge in [-0.25, -0.2) is 9.37 Å². The quantitative estimate of drug-likeness (QED) is 0.923. The highest BCUT2D eigenvalue weighted by atomic mass is 35.5. The van der Waals surface area contributed by atoms with Crippen molar-refractivity contribution in [2.24, 2.45) is 0 Å². The fourth-order valence-corrected chi connectivity index (χ4v) is 2.64. The molecule has 4 rings (SSSR count). The Bertz CT molecular complexity index is 717. The smallest absolute Gasteiger partial charge is 0.227 e. The number of anilines is 3. The maximum atomic E-state index is 13.9. The fourth-order valence-electron chi connectivity index (χ4n) is 2.49. The second-order valence-electron chi connectivity index (χ2n) is 5.16. The minimum atomic E-state index is -0.564. The van der Waals surface area contributed by atoms with Crippen LogP contribution in [0.25, 0.3) is 0 Å². The summed E-state index contributed by atoms with van der Waals surface area (Å²) in [7, 11) is 0. The minimum absolute atomic E-state index is 0.0465. The van der Waals surface area contributed by atoms with Crippen molar-refractivity contribution in [1.82, 2.24) is 20.2 Å². The monoisotopic (exact) mass is 322 g/mol. The highest BCUT2D eigenvalue weighted by Gasteiger charge is 2.46. The standard InChI is InChI=1S/C13H12ClFN6O/c14-7-3-11(20-17-5-7)18-12-8(15)6-16-13(19-12)21-1-2-22-10-4-9(10)21/h3,5-6,9-10H,1-2,4H2,(H,16,18,19,20). The molecule has 0 radical (unpaired) electrons. The van der Waals surface area contributed by atoms with Gasteiger partial charge in [0.2, 0.25) is 5.95 Å². The van der Waals surface area contributed by atoms with E-state index in [1.54, 1.807) is 6.07 Å². The van der Waals surface area contributed by atoms with Crippen LogP contribution in [0.5, 0.6) is 0 Å². The first-order valence-electron chi connectivity index (χ1n) is 6.87. The fraction of sp³-hybridized carbons (Fsp3) is 0.385. The second kappa shape index (κ2) is 5.29. The molecule has 2 aliphatic rings. The van der Waals surface area contributed by atoms with Crippen LogP contribution >= 0.6 is 11.6 Å². The van der Waals surface area contributed by atoms with Crippen LogP contribution in [-0.4, -0.2) is 45.5 Å². The van der Waals surface area contributed by atoms with Crippen LogP contribution in [0.3, 0.4) is 0 Å². The summed E-state index contributed by atoms with van der Waals surface area (Å²) in [6.45, 7) is 1.33. The van der Waals surface area contributed by atoms with E-state index in [4.69, 9.17) is 16.3 Å². The summed E-state index contributed by atoms with van der Waals surface area (Å²) < 4.78 is 19.5. The van der Waals surface area contributed by atoms with Crippen molar-refractivity contribution in [3.05, 3.63) is 29.3 Å². The lowest BCUT2D eigenvalue weighted by Gasteiger charge is -2.26. The van der Waals surface area contributed by atoms with Gasteiger partial charge in [0.25, 0.3) is 0 Å². The van der Waals surface area contributed by atoms with Crippen LogP contribution in [0, 0.1) is 5.82 Å². The van der Waals surface area contributed by atoms with Crippen LogP contribution in [0.4, 0.5) is 22.0 Å². The van der Waals surface area contributed by atoms with E-state index < -0.39 is 5.82 Å². The van der Waals surface area contributed by atoms with Gasteiger partial charge in [0, 0.05) is 12.6 Å². The predicted molar refractivity (Wildman–Crippen MR) is 77.8 cm³/mol. The topological polar surface area (TPSA) is 76.1 Å². The molecule has 1 aliphatic heterocycles. The molecule has 2 aromatic heterocycles. The maximum Gasteiger partial charge on any atom is 0.227 e. The molecule has 2 unspecified atom stereocenters. The molecule has 2 atom stereocenters. The van der Waals surface area contributed by atoms with E-state index in [9.17, 15) is 4.39 Å². The zero-order chi connectivity index (χ0) is 15.1. The van der Waals surface area contributed by atoms with Gasteiger partial charge in [-0.3, -0.25) is 0 Å². The Morgan fingerprint density at radius 1 is 1.41 bits per heavy atom. The molecule has 1 saturated heterocycles. The van der Waals surface area contributed by atoms with Gasteiger partial charge in [-0.1, -0.05) is 11.6 Å². The van der Waals surface area contributed by atoms with Crippen LogP contribution in [0.1, 0.15) is 6.42 Å². The number of rotatable bonds is 3. The molecule has 0 amide bonds. The summed E-state index contributed by atoms with van der Waals surface area (Å²) in [5, 5.41) is 10.7. The molecule has 22 heavy (non-hydrogen) atoms. The summed E-state index contributed by atoms with van der Waals surface area (Å²) in [5.41, 5.74) is 0. The van der Waals surface area contributed by atoms with Gasteiger partial charge < -0.3 is 15.0 Å². The van der Waals surface area contributed by atoms with Gasteiger partial charge >= 0.3 is 0 Å². The minimum Gasteiger partial charge on any atom is -0.374 e. The molecule has 1 N–H and O–H groups in total. The summed E-state index contributed by atoms with van der Waals surface area (Å²) in [4.78, 5) is 10.4. The van der Waals surface area contributed by atoms with Gasteiger partial charge in [-0.2, -0.15) is 10.1 Å². The molecule has 2 aromatic rings. The maximum absolute atomic E-state index is 13.9. The average Bonchev–Trinajstić information content (AvgIpc) is 3.29. The lowest BCUT2D eigenvalue weighted by atomic mass is 10.4. The molecule has 0 spiro atoms. The van der Waals surface area contributed by atoms with E-state index in [0.29, 0.717) is 29.9 Å². The normalized spacial score (nSPS) is 23.1. The van der Waals surface area contributed by atoms with Crippen LogP contribution < -0.4 is 10.2 Å². The number of nitrogens with zero attached hydrogens (tertiary/aromatic N) is 5. The number of morpholine rings is 1. The van der Waals surface area contributed by atoms with Crippen LogP contribution in [0.2, 0.25) is 5.02 Å². The molecule has 114 valence electrons. The highest BCUT2D eigenvalue weighted by molar-refractivity contribution is 6.30. The Morgan fingerprint density at radius 3 is 3.18 bits per heavy atom. The molecule has 7 nitrogen and oxygen atoms in total. The number of fused-ring (bicyclic) bond motifs is 1. The number of halogens is 2. The van der Waals surface area contributed by atoms with Crippen molar-refractivity contribution in [3.63, 3.8) is 0 Å². The molecular weight excluding hydrogens is 311 g/mol. The third-order valence-electron chi connectivity index (χ3n) is 3.62. The number of hydrogen-bond donors (Lipinski definition) is 1. The van der Waals surface area contributed by atoms with Gasteiger partial charge in [0.05, 0.1) is 36.2 Å². The Labute approximate surface area is 130 Å². The van der Waals surface area contributed by atoms with E-state index in [1.165, 1.54) is 6.20 Å². The molecular formula is C13H12ClFN6O. The van der Waals surface area contributed by atoms with Crippen LogP contribution in [0.15, 0.2) is 18.5 Å². The summed E-state index contributed by atoms with van der Waals surface area (Å²) in [5.74, 6) is 0.286. The third kappa shape index (κ3) is 2.55. The van der Waals surface area contributed by atoms with Crippen molar-refractivity contribution in [1.29, 1.82) is 0 Å². The van der Waals surface area contributed by atoms with Gasteiger partial charge in [0.15, 0.2) is 17.5 Å². The highest BCUT2D eigenvalue weighted by Crippen LogP contribution is 2.36. The molecule has 2 fully saturated rings. The molecule has 0 bridgehead atoms. The molecule has 1 saturated carbocycles. The van der Waals surface area contributed by atoms with Crippen LogP contribution in [-0.2, 0) is 4.74 Å². The van der Waals surface area contributed by atoms with Gasteiger partial charge in [-0.05, 0) is 6.42 Å². The first kappa shape index (κ1) is 13.6. The Morgan fingerprint density at radius 2 is 2.32 bits per heavy atom. The largest absolute Gasteiger partial charge is 0.374 e. The second-order valence-corrected chi connectivity index (χ2v) is 5.59. The van der Waals surface area contributed by atoms with Crippen molar-refractivity contribution >= 4 is 29.2 Å². The van der Waals surface area contributed by atoms with E-state index in [1.807, 2.05) is 4.90 Å². The SMILES string of the molecule is Fc1cnc(N2CCOC3CC32)nc1Nc1cc(Cl)cnn1. The first-order chi connectivity index (χ1) is 10.7. The molecule has 0 aromatic carbocycles. The predicted octanol–water partition coefficient (Wildman–Crippen LogP) is 1.78. The number of hydrogen-bond acceptors (Lipinski definition) is 7. The summed E-state index contributed by atoms with van der Waals surface area (Å²) in [6.07, 6.45) is 3.76.